The molecular weight excluding hydrogens is 396 g/mol. The number of aliphatic imine (C=N–C) groups is 1. The summed E-state index contributed by atoms with van der Waals surface area (Å²) in [6.45, 7) is 3.78. The number of benzene rings is 1. The Morgan fingerprint density at radius 2 is 2.19 bits per heavy atom. The molecule has 2 saturated heterocycles. The van der Waals surface area contributed by atoms with E-state index in [1.165, 1.54) is 18.9 Å². The number of ether oxygens (including phenoxy) is 1. The number of hydrogen-bond acceptors (Lipinski definition) is 5. The average molecular weight is 417 g/mol. The topological polar surface area (TPSA) is 76.0 Å². The number of methoxy groups -OCH3 is 1. The van der Waals surface area contributed by atoms with E-state index in [2.05, 4.69) is 4.99 Å². The van der Waals surface area contributed by atoms with Crippen LogP contribution in [0.2, 0.25) is 5.02 Å². The van der Waals surface area contributed by atoms with Crippen molar-refractivity contribution in [3.63, 3.8) is 0 Å². The molecule has 0 aliphatic carbocycles. The van der Waals surface area contributed by atoms with E-state index in [0.29, 0.717) is 28.0 Å². The van der Waals surface area contributed by atoms with Crippen LogP contribution in [0.25, 0.3) is 0 Å². The van der Waals surface area contributed by atoms with Gasteiger partial charge in [0.25, 0.3) is 5.91 Å². The molecule has 0 unspecified atom stereocenters. The highest BCUT2D eigenvalue weighted by molar-refractivity contribution is 8.16. The summed E-state index contributed by atoms with van der Waals surface area (Å²) in [5.74, 6) is 0.312. The molecule has 1 amide bonds. The van der Waals surface area contributed by atoms with E-state index in [1.54, 1.807) is 12.1 Å². The van der Waals surface area contributed by atoms with Gasteiger partial charge in [0.1, 0.15) is 5.75 Å². The number of amides is 1. The summed E-state index contributed by atoms with van der Waals surface area (Å²) in [6.07, 6.45) is 0.704. The van der Waals surface area contributed by atoms with Crippen LogP contribution in [-0.4, -0.2) is 49.4 Å². The Morgan fingerprint density at radius 1 is 1.46 bits per heavy atom. The third-order valence-corrected chi connectivity index (χ3v) is 8.23. The van der Waals surface area contributed by atoms with E-state index < -0.39 is 9.84 Å². The smallest absolute Gasteiger partial charge is 0.250 e. The van der Waals surface area contributed by atoms with Crippen LogP contribution in [0.15, 0.2) is 23.2 Å². The van der Waals surface area contributed by atoms with Gasteiger partial charge >= 0.3 is 0 Å². The normalized spacial score (nSPS) is 26.8. The predicted octanol–water partition coefficient (Wildman–Crippen LogP) is 3.00. The lowest BCUT2D eigenvalue weighted by molar-refractivity contribution is -0.121. The van der Waals surface area contributed by atoms with E-state index in [9.17, 15) is 13.2 Å². The average Bonchev–Trinajstić information content (AvgIpc) is 3.04. The van der Waals surface area contributed by atoms with Crippen LogP contribution >= 0.6 is 23.4 Å². The van der Waals surface area contributed by atoms with Crippen molar-refractivity contribution in [2.24, 2.45) is 10.9 Å². The molecule has 3 atom stereocenters. The molecule has 0 bridgehead atoms. The van der Waals surface area contributed by atoms with Crippen LogP contribution in [0, 0.1) is 5.92 Å². The van der Waals surface area contributed by atoms with Crippen molar-refractivity contribution in [3.05, 3.63) is 23.2 Å². The van der Waals surface area contributed by atoms with Crippen molar-refractivity contribution in [1.82, 2.24) is 0 Å². The van der Waals surface area contributed by atoms with Gasteiger partial charge in [-0.05, 0) is 24.6 Å². The minimum absolute atomic E-state index is 0.0465. The number of halogens is 1. The first-order chi connectivity index (χ1) is 12.3. The fourth-order valence-electron chi connectivity index (χ4n) is 3.05. The maximum Gasteiger partial charge on any atom is 0.250 e. The van der Waals surface area contributed by atoms with Crippen molar-refractivity contribution in [2.75, 3.05) is 23.5 Å². The number of hydrogen-bond donors (Lipinski definition) is 0. The largest absolute Gasteiger partial charge is 0.495 e. The first-order valence-electron chi connectivity index (χ1n) is 8.38. The van der Waals surface area contributed by atoms with Gasteiger partial charge in [-0.2, -0.15) is 4.99 Å². The Hall–Kier alpha value is -1.25. The summed E-state index contributed by atoms with van der Waals surface area (Å²) in [7, 11) is -1.57. The number of thioether (sulfide) groups is 1. The molecule has 2 aliphatic rings. The minimum Gasteiger partial charge on any atom is -0.495 e. The van der Waals surface area contributed by atoms with Crippen LogP contribution in [-0.2, 0) is 14.6 Å². The van der Waals surface area contributed by atoms with Crippen LogP contribution in [0.5, 0.6) is 5.75 Å². The van der Waals surface area contributed by atoms with Crippen LogP contribution in [0.3, 0.4) is 0 Å². The van der Waals surface area contributed by atoms with Crippen molar-refractivity contribution in [3.8, 4) is 5.75 Å². The summed E-state index contributed by atoms with van der Waals surface area (Å²) in [5, 5.41) is 0.831. The summed E-state index contributed by atoms with van der Waals surface area (Å²) >= 11 is 7.61. The molecule has 2 fully saturated rings. The molecule has 2 aliphatic heterocycles. The van der Waals surface area contributed by atoms with Gasteiger partial charge in [-0.1, -0.05) is 37.2 Å². The fraction of sp³-hybridized carbons (Fsp3) is 0.529. The Kier molecular flexibility index (Phi) is 5.55. The van der Waals surface area contributed by atoms with Gasteiger partial charge in [0, 0.05) is 16.9 Å². The number of sulfone groups is 1. The zero-order valence-corrected chi connectivity index (χ0v) is 17.2. The van der Waals surface area contributed by atoms with Crippen molar-refractivity contribution >= 4 is 50.0 Å². The van der Waals surface area contributed by atoms with E-state index >= 15 is 0 Å². The number of rotatable bonds is 4. The highest BCUT2D eigenvalue weighted by Crippen LogP contribution is 2.42. The predicted molar refractivity (Wildman–Crippen MR) is 106 cm³/mol. The Morgan fingerprint density at radius 3 is 2.81 bits per heavy atom. The number of carbonyl (C=O) groups excluding carboxylic acids is 1. The van der Waals surface area contributed by atoms with Crippen LogP contribution < -0.4 is 9.64 Å². The summed E-state index contributed by atoms with van der Waals surface area (Å²) in [5.41, 5.74) is 0.712. The Balaban J connectivity index is 2.01. The van der Waals surface area contributed by atoms with E-state index in [1.807, 2.05) is 24.8 Å². The quantitative estimate of drug-likeness (QED) is 0.750. The standard InChI is InChI=1S/C17H21ClN2O4S2/c1-4-10(2)16(21)19-17-20(11-5-6-14(24-3)12(18)7-11)13-8-26(22,23)9-15(13)25-17/h5-7,10,13,15H,4,8-9H2,1-3H3/t10-,13+,15+/m0/s1. The number of amidine groups is 1. The Labute approximate surface area is 162 Å². The van der Waals surface area contributed by atoms with E-state index in [-0.39, 0.29) is 34.6 Å². The maximum atomic E-state index is 12.3. The Bertz CT molecular complexity index is 856. The van der Waals surface area contributed by atoms with Gasteiger partial charge < -0.3 is 9.64 Å². The van der Waals surface area contributed by atoms with Gasteiger partial charge in [-0.25, -0.2) is 8.42 Å². The summed E-state index contributed by atoms with van der Waals surface area (Å²) in [6, 6.07) is 5.00. The molecule has 9 heteroatoms. The number of carbonyl (C=O) groups is 1. The van der Waals surface area contributed by atoms with Gasteiger partial charge in [-0.15, -0.1) is 0 Å². The zero-order valence-electron chi connectivity index (χ0n) is 14.8. The highest BCUT2D eigenvalue weighted by Gasteiger charge is 2.49. The fourth-order valence-corrected chi connectivity index (χ4v) is 7.22. The third kappa shape index (κ3) is 3.73. The molecule has 142 valence electrons. The molecule has 1 aromatic carbocycles. The lowest BCUT2D eigenvalue weighted by atomic mass is 10.1. The molecular formula is C17H21ClN2O4S2. The summed E-state index contributed by atoms with van der Waals surface area (Å²) < 4.78 is 29.3. The molecule has 0 spiro atoms. The van der Waals surface area contributed by atoms with Gasteiger partial charge in [-0.3, -0.25) is 4.79 Å². The number of anilines is 1. The molecule has 0 aromatic heterocycles. The monoisotopic (exact) mass is 416 g/mol. The van der Waals surface area contributed by atoms with Crippen molar-refractivity contribution in [1.29, 1.82) is 0 Å². The van der Waals surface area contributed by atoms with E-state index in [0.717, 1.165) is 0 Å². The maximum absolute atomic E-state index is 12.3. The van der Waals surface area contributed by atoms with Crippen molar-refractivity contribution < 1.29 is 17.9 Å². The molecule has 26 heavy (non-hydrogen) atoms. The minimum atomic E-state index is -3.10. The molecule has 2 heterocycles. The number of nitrogens with zero attached hydrogens (tertiary/aromatic N) is 2. The van der Waals surface area contributed by atoms with Crippen molar-refractivity contribution in [2.45, 2.75) is 31.6 Å². The lowest BCUT2D eigenvalue weighted by Gasteiger charge is -2.25. The summed E-state index contributed by atoms with van der Waals surface area (Å²) in [4.78, 5) is 18.5. The number of fused-ring (bicyclic) bond motifs is 1. The van der Waals surface area contributed by atoms with Gasteiger partial charge in [0.05, 0.1) is 29.7 Å². The van der Waals surface area contributed by atoms with Gasteiger partial charge in [0.15, 0.2) is 15.0 Å². The SMILES string of the molecule is CC[C@H](C)C(=O)N=C1S[C@@H]2CS(=O)(=O)C[C@H]2N1c1ccc(OC)c(Cl)c1. The molecule has 3 rings (SSSR count). The first kappa shape index (κ1) is 19.5. The van der Waals surface area contributed by atoms with E-state index in [4.69, 9.17) is 16.3 Å². The molecule has 6 nitrogen and oxygen atoms in total. The second-order valence-corrected chi connectivity index (χ2v) is 10.3. The zero-order chi connectivity index (χ0) is 19.1. The lowest BCUT2D eigenvalue weighted by Crippen LogP contribution is -2.37. The van der Waals surface area contributed by atoms with Crippen LogP contribution in [0.1, 0.15) is 20.3 Å². The molecule has 0 saturated carbocycles. The van der Waals surface area contributed by atoms with Gasteiger partial charge in [0.2, 0.25) is 0 Å². The highest BCUT2D eigenvalue weighted by atomic mass is 35.5. The molecule has 0 N–H and O–H groups in total. The second kappa shape index (κ2) is 7.40. The first-order valence-corrected chi connectivity index (χ1v) is 11.5. The molecule has 0 radical (unpaired) electrons. The third-order valence-electron chi connectivity index (χ3n) is 4.72. The molecule has 1 aromatic rings. The van der Waals surface area contributed by atoms with Crippen LogP contribution in [0.4, 0.5) is 5.69 Å². The second-order valence-electron chi connectivity index (χ2n) is 6.53.